The van der Waals surface area contributed by atoms with Crippen LogP contribution >= 0.6 is 0 Å². The first-order valence-corrected chi connectivity index (χ1v) is 7.47. The molecule has 0 aliphatic rings. The Kier molecular flexibility index (Phi) is 4.47. The van der Waals surface area contributed by atoms with Crippen molar-refractivity contribution in [3.63, 3.8) is 0 Å². The van der Waals surface area contributed by atoms with Crippen molar-refractivity contribution < 1.29 is 19.1 Å². The van der Waals surface area contributed by atoms with Crippen LogP contribution in [-0.2, 0) is 9.53 Å². The summed E-state index contributed by atoms with van der Waals surface area (Å²) in [6.45, 7) is -0.425. The van der Waals surface area contributed by atoms with Gasteiger partial charge >= 0.3 is 5.97 Å². The molecule has 2 amide bonds. The number of carbonyl (C=O) groups excluding carboxylic acids is 3. The molecule has 0 aliphatic carbocycles. The largest absolute Gasteiger partial charge is 0.451 e. The Morgan fingerprint density at radius 1 is 1.04 bits per heavy atom. The van der Waals surface area contributed by atoms with Crippen molar-refractivity contribution in [2.75, 3.05) is 11.9 Å². The van der Waals surface area contributed by atoms with Gasteiger partial charge in [-0.3, -0.25) is 9.59 Å². The fourth-order valence-electron chi connectivity index (χ4n) is 2.31. The molecule has 0 fully saturated rings. The molecule has 0 bridgehead atoms. The molecule has 3 rings (SSSR count). The molecule has 25 heavy (non-hydrogen) atoms. The van der Waals surface area contributed by atoms with Crippen LogP contribution in [0.15, 0.2) is 54.6 Å². The molecular formula is C18H15N3O4. The lowest BCUT2D eigenvalue weighted by Crippen LogP contribution is -2.21. The molecule has 3 aromatic rings. The third-order valence-electron chi connectivity index (χ3n) is 3.54. The van der Waals surface area contributed by atoms with Crippen LogP contribution in [-0.4, -0.2) is 29.4 Å². The molecule has 0 saturated carbocycles. The molecule has 0 aliphatic heterocycles. The highest BCUT2D eigenvalue weighted by Crippen LogP contribution is 2.15. The minimum atomic E-state index is -0.615. The number of hydrogen-bond donors (Lipinski definition) is 3. The molecular weight excluding hydrogens is 322 g/mol. The van der Waals surface area contributed by atoms with Gasteiger partial charge in [-0.1, -0.05) is 18.2 Å². The molecule has 7 nitrogen and oxygen atoms in total. The van der Waals surface area contributed by atoms with Crippen LogP contribution in [0.5, 0.6) is 0 Å². The van der Waals surface area contributed by atoms with Gasteiger partial charge in [-0.05, 0) is 36.4 Å². The van der Waals surface area contributed by atoms with Crippen molar-refractivity contribution in [2.24, 2.45) is 5.73 Å². The molecule has 126 valence electrons. The van der Waals surface area contributed by atoms with Crippen molar-refractivity contribution in [3.8, 4) is 0 Å². The Labute approximate surface area is 142 Å². The number of fused-ring (bicyclic) bond motifs is 1. The van der Waals surface area contributed by atoms with E-state index in [1.54, 1.807) is 6.07 Å². The van der Waals surface area contributed by atoms with E-state index in [1.807, 2.05) is 24.3 Å². The van der Waals surface area contributed by atoms with Crippen LogP contribution < -0.4 is 11.1 Å². The van der Waals surface area contributed by atoms with E-state index in [0.29, 0.717) is 11.3 Å². The average Bonchev–Trinajstić information content (AvgIpc) is 3.04. The summed E-state index contributed by atoms with van der Waals surface area (Å²) in [7, 11) is 0. The Balaban J connectivity index is 1.56. The summed E-state index contributed by atoms with van der Waals surface area (Å²) in [5, 5.41) is 3.45. The van der Waals surface area contributed by atoms with Gasteiger partial charge in [0.1, 0.15) is 5.69 Å². The molecule has 0 unspecified atom stereocenters. The van der Waals surface area contributed by atoms with Gasteiger partial charge in [0.25, 0.3) is 5.91 Å². The number of rotatable bonds is 5. The number of nitrogens with one attached hydrogen (secondary N) is 2. The second-order valence-electron chi connectivity index (χ2n) is 5.34. The van der Waals surface area contributed by atoms with Crippen molar-refractivity contribution in [1.29, 1.82) is 0 Å². The normalized spacial score (nSPS) is 10.4. The minimum Gasteiger partial charge on any atom is -0.451 e. The number of carbonyl (C=O) groups is 3. The van der Waals surface area contributed by atoms with Crippen molar-refractivity contribution >= 4 is 34.4 Å². The highest BCUT2D eigenvalue weighted by Gasteiger charge is 2.13. The molecule has 7 heteroatoms. The van der Waals surface area contributed by atoms with E-state index in [4.69, 9.17) is 10.5 Å². The first kappa shape index (κ1) is 16.3. The fraction of sp³-hybridized carbons (Fsp3) is 0.0556. The zero-order valence-electron chi connectivity index (χ0n) is 13.1. The summed E-state index contributed by atoms with van der Waals surface area (Å²) < 4.78 is 5.00. The molecule has 0 saturated heterocycles. The van der Waals surface area contributed by atoms with Gasteiger partial charge in [0.05, 0.1) is 0 Å². The van der Waals surface area contributed by atoms with Gasteiger partial charge in [0, 0.05) is 22.2 Å². The molecule has 1 heterocycles. The second-order valence-corrected chi connectivity index (χ2v) is 5.34. The van der Waals surface area contributed by atoms with E-state index in [9.17, 15) is 14.4 Å². The number of hydrogen-bond acceptors (Lipinski definition) is 4. The SMILES string of the molecule is NC(=O)c1ccc(NC(=O)COC(=O)c2cc3ccccc3[nH]2)cc1. The van der Waals surface area contributed by atoms with E-state index in [0.717, 1.165) is 10.9 Å². The summed E-state index contributed by atoms with van der Waals surface area (Å²) in [5.74, 6) is -1.66. The van der Waals surface area contributed by atoms with E-state index in [-0.39, 0.29) is 5.69 Å². The lowest BCUT2D eigenvalue weighted by atomic mass is 10.2. The maximum atomic E-state index is 12.0. The fourth-order valence-corrected chi connectivity index (χ4v) is 2.31. The van der Waals surface area contributed by atoms with Crippen LogP contribution in [0.2, 0.25) is 0 Å². The van der Waals surface area contributed by atoms with Gasteiger partial charge in [0.15, 0.2) is 6.61 Å². The number of H-pyrrole nitrogens is 1. The van der Waals surface area contributed by atoms with Crippen LogP contribution in [0.25, 0.3) is 10.9 Å². The maximum absolute atomic E-state index is 12.0. The minimum absolute atomic E-state index is 0.278. The van der Waals surface area contributed by atoms with E-state index >= 15 is 0 Å². The van der Waals surface area contributed by atoms with Gasteiger partial charge < -0.3 is 20.8 Å². The first-order chi connectivity index (χ1) is 12.0. The Morgan fingerprint density at radius 2 is 1.76 bits per heavy atom. The summed E-state index contributed by atoms with van der Waals surface area (Å²) >= 11 is 0. The standard InChI is InChI=1S/C18H15N3O4/c19-17(23)11-5-7-13(8-6-11)20-16(22)10-25-18(24)15-9-12-3-1-2-4-14(12)21-15/h1-9,21H,10H2,(H2,19,23)(H,20,22). The lowest BCUT2D eigenvalue weighted by Gasteiger charge is -2.06. The lowest BCUT2D eigenvalue weighted by molar-refractivity contribution is -0.119. The molecule has 0 radical (unpaired) electrons. The molecule has 2 aromatic carbocycles. The number of anilines is 1. The monoisotopic (exact) mass is 337 g/mol. The van der Waals surface area contributed by atoms with Crippen LogP contribution in [0.4, 0.5) is 5.69 Å². The summed E-state index contributed by atoms with van der Waals surface area (Å²) in [6.07, 6.45) is 0. The van der Waals surface area contributed by atoms with E-state index in [2.05, 4.69) is 10.3 Å². The summed E-state index contributed by atoms with van der Waals surface area (Å²) in [5.41, 5.74) is 7.04. The maximum Gasteiger partial charge on any atom is 0.355 e. The van der Waals surface area contributed by atoms with Crippen LogP contribution in [0.1, 0.15) is 20.8 Å². The van der Waals surface area contributed by atoms with Gasteiger partial charge in [-0.2, -0.15) is 0 Å². The smallest absolute Gasteiger partial charge is 0.355 e. The zero-order chi connectivity index (χ0) is 17.8. The Hall–Kier alpha value is -3.61. The van der Waals surface area contributed by atoms with Crippen LogP contribution in [0.3, 0.4) is 0 Å². The Bertz CT molecular complexity index is 911. The number of nitrogens with two attached hydrogens (primary N) is 1. The van der Waals surface area contributed by atoms with Crippen molar-refractivity contribution in [2.45, 2.75) is 0 Å². The number of primary amides is 1. The first-order valence-electron chi connectivity index (χ1n) is 7.47. The van der Waals surface area contributed by atoms with E-state index in [1.165, 1.54) is 24.3 Å². The number of benzene rings is 2. The topological polar surface area (TPSA) is 114 Å². The van der Waals surface area contributed by atoms with E-state index < -0.39 is 24.4 Å². The predicted molar refractivity (Wildman–Crippen MR) is 92.2 cm³/mol. The number of aromatic amines is 1. The molecule has 0 spiro atoms. The quantitative estimate of drug-likeness (QED) is 0.618. The zero-order valence-corrected chi connectivity index (χ0v) is 13.1. The highest BCUT2D eigenvalue weighted by atomic mass is 16.5. The van der Waals surface area contributed by atoms with Crippen molar-refractivity contribution in [1.82, 2.24) is 4.98 Å². The third kappa shape index (κ3) is 3.84. The number of esters is 1. The second kappa shape index (κ2) is 6.88. The molecule has 4 N–H and O–H groups in total. The molecule has 0 atom stereocenters. The van der Waals surface area contributed by atoms with Crippen molar-refractivity contribution in [3.05, 3.63) is 65.9 Å². The average molecular weight is 337 g/mol. The number of para-hydroxylation sites is 1. The van der Waals surface area contributed by atoms with Gasteiger partial charge in [0.2, 0.25) is 5.91 Å². The number of ether oxygens (including phenoxy) is 1. The predicted octanol–water partition coefficient (Wildman–Crippen LogP) is 2.06. The summed E-state index contributed by atoms with van der Waals surface area (Å²) in [4.78, 5) is 37.8. The molecule has 1 aromatic heterocycles. The third-order valence-corrected chi connectivity index (χ3v) is 3.54. The number of aromatic nitrogens is 1. The van der Waals surface area contributed by atoms with Crippen LogP contribution in [0, 0.1) is 0 Å². The highest BCUT2D eigenvalue weighted by molar-refractivity contribution is 5.98. The van der Waals surface area contributed by atoms with Gasteiger partial charge in [-0.15, -0.1) is 0 Å². The Morgan fingerprint density at radius 3 is 2.44 bits per heavy atom. The summed E-state index contributed by atoms with van der Waals surface area (Å²) in [6, 6.07) is 15.2. The number of amides is 2. The van der Waals surface area contributed by atoms with Gasteiger partial charge in [-0.25, -0.2) is 4.79 Å².